The fourth-order valence-electron chi connectivity index (χ4n) is 7.82. The van der Waals surface area contributed by atoms with Crippen LogP contribution in [0.15, 0.2) is 164 Å². The fourth-order valence-corrected chi connectivity index (χ4v) is 7.82. The summed E-state index contributed by atoms with van der Waals surface area (Å²) in [5.74, 6) is 0. The van der Waals surface area contributed by atoms with Gasteiger partial charge in [-0.25, -0.2) is 0 Å². The first-order chi connectivity index (χ1) is 22.6. The molecule has 0 bridgehead atoms. The zero-order chi connectivity index (χ0) is 30.8. The average Bonchev–Trinajstić information content (AvgIpc) is 3.34. The van der Waals surface area contributed by atoms with Crippen molar-refractivity contribution >= 4 is 49.4 Å². The lowest BCUT2D eigenvalue weighted by atomic mass is 9.82. The van der Waals surface area contributed by atoms with Crippen molar-refractivity contribution < 1.29 is 0 Å². The van der Waals surface area contributed by atoms with Gasteiger partial charge in [0.05, 0.1) is 11.4 Å². The Balaban J connectivity index is 1.39. The molecule has 1 aliphatic carbocycles. The molecule has 0 radical (unpaired) electrons. The summed E-state index contributed by atoms with van der Waals surface area (Å²) in [5, 5.41) is 7.43. The molecule has 8 aromatic rings. The molecule has 0 saturated heterocycles. The third kappa shape index (κ3) is 3.95. The summed E-state index contributed by atoms with van der Waals surface area (Å²) in [6.07, 6.45) is 0. The van der Waals surface area contributed by atoms with Crippen LogP contribution in [0.25, 0.3) is 54.6 Å². The highest BCUT2D eigenvalue weighted by molar-refractivity contribution is 6.12. The van der Waals surface area contributed by atoms with Crippen LogP contribution in [0.4, 0.5) is 17.1 Å². The molecular formula is C45H33N. The van der Waals surface area contributed by atoms with E-state index in [9.17, 15) is 0 Å². The summed E-state index contributed by atoms with van der Waals surface area (Å²) >= 11 is 0. The third-order valence-corrected chi connectivity index (χ3v) is 10.0. The summed E-state index contributed by atoms with van der Waals surface area (Å²) in [4.78, 5) is 2.51. The number of benzene rings is 8. The minimum atomic E-state index is -0.103. The van der Waals surface area contributed by atoms with Crippen molar-refractivity contribution in [2.24, 2.45) is 0 Å². The summed E-state index contributed by atoms with van der Waals surface area (Å²) < 4.78 is 0. The zero-order valence-electron chi connectivity index (χ0n) is 26.0. The first-order valence-electron chi connectivity index (χ1n) is 16.1. The average molecular weight is 588 g/mol. The van der Waals surface area contributed by atoms with Crippen molar-refractivity contribution in [2.75, 3.05) is 4.90 Å². The molecule has 8 aromatic carbocycles. The van der Waals surface area contributed by atoms with Crippen LogP contribution >= 0.6 is 0 Å². The molecule has 1 heteroatoms. The van der Waals surface area contributed by atoms with E-state index in [0.29, 0.717) is 0 Å². The molecule has 0 amide bonds. The van der Waals surface area contributed by atoms with Crippen molar-refractivity contribution in [3.63, 3.8) is 0 Å². The van der Waals surface area contributed by atoms with Crippen LogP contribution in [0.3, 0.4) is 0 Å². The summed E-state index contributed by atoms with van der Waals surface area (Å²) in [6.45, 7) is 4.72. The monoisotopic (exact) mass is 587 g/mol. The van der Waals surface area contributed by atoms with Crippen molar-refractivity contribution in [3.8, 4) is 22.3 Å². The number of hydrogen-bond donors (Lipinski definition) is 0. The maximum Gasteiger partial charge on any atom is 0.0546 e. The first kappa shape index (κ1) is 26.7. The maximum atomic E-state index is 2.51. The predicted molar refractivity (Wildman–Crippen MR) is 197 cm³/mol. The molecule has 46 heavy (non-hydrogen) atoms. The minimum absolute atomic E-state index is 0.103. The van der Waals surface area contributed by atoms with Crippen LogP contribution in [0.1, 0.15) is 25.0 Å². The topological polar surface area (TPSA) is 3.24 Å². The Kier molecular flexibility index (Phi) is 5.92. The van der Waals surface area contributed by atoms with Crippen LogP contribution in [0.2, 0.25) is 0 Å². The number of rotatable bonds is 4. The lowest BCUT2D eigenvalue weighted by Gasteiger charge is -2.31. The van der Waals surface area contributed by atoms with Crippen LogP contribution in [-0.2, 0) is 5.41 Å². The Morgan fingerprint density at radius 1 is 0.391 bits per heavy atom. The van der Waals surface area contributed by atoms with Gasteiger partial charge in [-0.3, -0.25) is 0 Å². The molecule has 0 N–H and O–H groups in total. The number of nitrogens with zero attached hydrogens (tertiary/aromatic N) is 1. The maximum absolute atomic E-state index is 2.51. The van der Waals surface area contributed by atoms with E-state index in [1.807, 2.05) is 0 Å². The van der Waals surface area contributed by atoms with E-state index in [4.69, 9.17) is 0 Å². The molecule has 0 aliphatic heterocycles. The van der Waals surface area contributed by atoms with Gasteiger partial charge in [-0.1, -0.05) is 153 Å². The smallest absolute Gasteiger partial charge is 0.0546 e. The Morgan fingerprint density at radius 2 is 0.957 bits per heavy atom. The molecule has 9 rings (SSSR count). The molecule has 0 atom stereocenters. The second-order valence-corrected chi connectivity index (χ2v) is 12.9. The zero-order valence-corrected chi connectivity index (χ0v) is 26.0. The molecule has 1 nitrogen and oxygen atoms in total. The number of anilines is 3. The Bertz CT molecular complexity index is 2460. The van der Waals surface area contributed by atoms with Crippen LogP contribution in [-0.4, -0.2) is 0 Å². The van der Waals surface area contributed by atoms with Gasteiger partial charge >= 0.3 is 0 Å². The van der Waals surface area contributed by atoms with E-state index in [1.165, 1.54) is 77.1 Å². The SMILES string of the molecule is CC1(C)c2ccccc2-c2ccc(N(c3ccc4ccccc4c3-c3cccc4ccccc34)c3cccc4ccccc34)cc21. The van der Waals surface area contributed by atoms with E-state index in [1.54, 1.807) is 0 Å². The molecular weight excluding hydrogens is 555 g/mol. The third-order valence-electron chi connectivity index (χ3n) is 10.0. The van der Waals surface area contributed by atoms with Crippen molar-refractivity contribution in [2.45, 2.75) is 19.3 Å². The summed E-state index contributed by atoms with van der Waals surface area (Å²) in [6, 6.07) is 60.3. The van der Waals surface area contributed by atoms with Crippen molar-refractivity contribution in [3.05, 3.63) is 175 Å². The molecule has 0 fully saturated rings. The Labute approximate surface area is 270 Å². The van der Waals surface area contributed by atoms with Gasteiger partial charge in [0, 0.05) is 22.1 Å². The van der Waals surface area contributed by atoms with Gasteiger partial charge in [0.2, 0.25) is 0 Å². The summed E-state index contributed by atoms with van der Waals surface area (Å²) in [5.41, 5.74) is 11.3. The standard InChI is InChI=1S/C45H33N/c1-45(2)40-23-10-9-21-37(40)38-27-26-33(29-41(38)45)46(42-24-12-17-31-14-4-7-19-35(31)42)43-28-25-32-15-5-8-20-36(32)44(43)39-22-11-16-30-13-3-6-18-34(30)39/h3-29H,1-2H3. The number of fused-ring (bicyclic) bond motifs is 6. The Morgan fingerprint density at radius 3 is 1.76 bits per heavy atom. The predicted octanol–water partition coefficient (Wildman–Crippen LogP) is 12.6. The van der Waals surface area contributed by atoms with Gasteiger partial charge in [-0.15, -0.1) is 0 Å². The molecule has 0 unspecified atom stereocenters. The quantitative estimate of drug-likeness (QED) is 0.198. The Hall–Kier alpha value is -5.66. The van der Waals surface area contributed by atoms with E-state index in [0.717, 1.165) is 5.69 Å². The highest BCUT2D eigenvalue weighted by Crippen LogP contribution is 2.52. The highest BCUT2D eigenvalue weighted by atomic mass is 15.1. The second kappa shape index (κ2) is 10.2. The van der Waals surface area contributed by atoms with E-state index >= 15 is 0 Å². The first-order valence-corrected chi connectivity index (χ1v) is 16.1. The molecule has 0 aromatic heterocycles. The second-order valence-electron chi connectivity index (χ2n) is 12.9. The molecule has 0 spiro atoms. The van der Waals surface area contributed by atoms with E-state index in [-0.39, 0.29) is 5.41 Å². The van der Waals surface area contributed by atoms with Crippen molar-refractivity contribution in [1.82, 2.24) is 0 Å². The minimum Gasteiger partial charge on any atom is -0.309 e. The van der Waals surface area contributed by atoms with Gasteiger partial charge < -0.3 is 4.90 Å². The van der Waals surface area contributed by atoms with Gasteiger partial charge in [0.25, 0.3) is 0 Å². The number of hydrogen-bond acceptors (Lipinski definition) is 1. The fraction of sp³-hybridized carbons (Fsp3) is 0.0667. The van der Waals surface area contributed by atoms with Gasteiger partial charge in [0.15, 0.2) is 0 Å². The molecule has 1 aliphatic rings. The highest BCUT2D eigenvalue weighted by Gasteiger charge is 2.36. The normalized spacial score (nSPS) is 13.2. The van der Waals surface area contributed by atoms with E-state index in [2.05, 4.69) is 183 Å². The van der Waals surface area contributed by atoms with Crippen molar-refractivity contribution in [1.29, 1.82) is 0 Å². The molecule has 218 valence electrons. The van der Waals surface area contributed by atoms with Crippen LogP contribution in [0.5, 0.6) is 0 Å². The molecule has 0 saturated carbocycles. The van der Waals surface area contributed by atoms with Gasteiger partial charge in [0.1, 0.15) is 0 Å². The van der Waals surface area contributed by atoms with Gasteiger partial charge in [-0.2, -0.15) is 0 Å². The lowest BCUT2D eigenvalue weighted by Crippen LogP contribution is -2.17. The summed E-state index contributed by atoms with van der Waals surface area (Å²) in [7, 11) is 0. The van der Waals surface area contributed by atoms with Gasteiger partial charge in [-0.05, 0) is 79.0 Å². The van der Waals surface area contributed by atoms with Crippen LogP contribution in [0, 0.1) is 0 Å². The lowest BCUT2D eigenvalue weighted by molar-refractivity contribution is 0.660. The molecule has 0 heterocycles. The van der Waals surface area contributed by atoms with Crippen LogP contribution < -0.4 is 4.90 Å². The van der Waals surface area contributed by atoms with E-state index < -0.39 is 0 Å². The largest absolute Gasteiger partial charge is 0.309 e.